The van der Waals surface area contributed by atoms with Crippen LogP contribution in [0.3, 0.4) is 0 Å². The number of amides is 1. The molecule has 0 unspecified atom stereocenters. The number of ether oxygens (including phenoxy) is 2. The van der Waals surface area contributed by atoms with Gasteiger partial charge in [-0.1, -0.05) is 6.42 Å². The Labute approximate surface area is 173 Å². The van der Waals surface area contributed by atoms with E-state index >= 15 is 0 Å². The quantitative estimate of drug-likeness (QED) is 0.492. The first-order chi connectivity index (χ1) is 13.6. The van der Waals surface area contributed by atoms with E-state index in [-0.39, 0.29) is 12.6 Å². The number of nitrogens with zero attached hydrogens (tertiary/aromatic N) is 2. The van der Waals surface area contributed by atoms with Crippen LogP contribution in [-0.2, 0) is 4.74 Å². The zero-order valence-corrected chi connectivity index (χ0v) is 18.2. The standard InChI is InChI=1S/C21H35N5O3/c1-14-18(28-15-9-7-6-8-10-15)12-11-16(25-14)19(22)17(26(5)23)13-24-20(27)29-21(2,3)4/h11-12,15H,6-10,13,22-23H2,1-5H3,(H,24,27)/b19-17-. The number of nitrogens with one attached hydrogen (secondary N) is 1. The third-order valence-electron chi connectivity index (χ3n) is 4.69. The number of hydrogen-bond donors (Lipinski definition) is 3. The number of rotatable bonds is 6. The largest absolute Gasteiger partial charge is 0.489 e. The summed E-state index contributed by atoms with van der Waals surface area (Å²) in [6.45, 7) is 7.43. The highest BCUT2D eigenvalue weighted by Crippen LogP contribution is 2.26. The van der Waals surface area contributed by atoms with Crippen molar-refractivity contribution in [3.05, 3.63) is 29.2 Å². The minimum Gasteiger partial charge on any atom is -0.489 e. The molecule has 0 bridgehead atoms. The van der Waals surface area contributed by atoms with Gasteiger partial charge < -0.3 is 25.5 Å². The van der Waals surface area contributed by atoms with Gasteiger partial charge in [0.25, 0.3) is 0 Å². The summed E-state index contributed by atoms with van der Waals surface area (Å²) in [5.41, 5.74) is 8.01. The molecule has 0 saturated heterocycles. The molecule has 1 aliphatic rings. The molecule has 0 spiro atoms. The van der Waals surface area contributed by atoms with Crippen LogP contribution in [0.15, 0.2) is 17.8 Å². The van der Waals surface area contributed by atoms with Crippen LogP contribution >= 0.6 is 0 Å². The van der Waals surface area contributed by atoms with E-state index in [1.807, 2.05) is 19.1 Å². The van der Waals surface area contributed by atoms with Gasteiger partial charge in [0.05, 0.1) is 35.4 Å². The molecule has 1 heterocycles. The Morgan fingerprint density at radius 3 is 2.48 bits per heavy atom. The second-order valence-corrected chi connectivity index (χ2v) is 8.48. The molecular weight excluding hydrogens is 370 g/mol. The van der Waals surface area contributed by atoms with Crippen LogP contribution in [-0.4, -0.2) is 41.4 Å². The SMILES string of the molecule is Cc1nc(/C(N)=C(\CNC(=O)OC(C)(C)C)N(C)N)ccc1OC1CCCCC1. The zero-order chi connectivity index (χ0) is 21.6. The monoisotopic (exact) mass is 405 g/mol. The van der Waals surface area contributed by atoms with E-state index in [1.165, 1.54) is 24.3 Å². The number of pyridine rings is 1. The van der Waals surface area contributed by atoms with Crippen molar-refractivity contribution in [3.8, 4) is 5.75 Å². The van der Waals surface area contributed by atoms with Gasteiger partial charge in [-0.25, -0.2) is 15.6 Å². The molecule has 1 aromatic rings. The first kappa shape index (κ1) is 22.8. The fourth-order valence-electron chi connectivity index (χ4n) is 3.21. The smallest absolute Gasteiger partial charge is 0.407 e. The highest BCUT2D eigenvalue weighted by molar-refractivity contribution is 5.69. The van der Waals surface area contributed by atoms with Gasteiger partial charge in [0.15, 0.2) is 0 Å². The third kappa shape index (κ3) is 7.12. The van der Waals surface area contributed by atoms with Crippen LogP contribution in [0, 0.1) is 6.92 Å². The van der Waals surface area contributed by atoms with E-state index in [2.05, 4.69) is 10.3 Å². The van der Waals surface area contributed by atoms with Gasteiger partial charge in [-0.05, 0) is 65.5 Å². The lowest BCUT2D eigenvalue weighted by atomic mass is 9.98. The van der Waals surface area contributed by atoms with Crippen molar-refractivity contribution in [3.63, 3.8) is 0 Å². The average molecular weight is 406 g/mol. The highest BCUT2D eigenvalue weighted by Gasteiger charge is 2.19. The second kappa shape index (κ2) is 9.82. The van der Waals surface area contributed by atoms with Crippen molar-refractivity contribution >= 4 is 11.8 Å². The number of nitrogens with two attached hydrogens (primary N) is 2. The Bertz CT molecular complexity index is 734. The topological polar surface area (TPSA) is 116 Å². The molecule has 5 N–H and O–H groups in total. The normalized spacial score (nSPS) is 16.1. The molecule has 0 aromatic carbocycles. The molecule has 0 radical (unpaired) electrons. The fourth-order valence-corrected chi connectivity index (χ4v) is 3.21. The number of hydrazine groups is 1. The number of aryl methyl sites for hydroxylation is 1. The number of likely N-dealkylation sites (N-methyl/N-ethyl adjacent to an activating group) is 1. The summed E-state index contributed by atoms with van der Waals surface area (Å²) in [6, 6.07) is 3.71. The molecule has 1 saturated carbocycles. The molecular formula is C21H35N5O3. The molecule has 0 aliphatic heterocycles. The first-order valence-electron chi connectivity index (χ1n) is 10.2. The zero-order valence-electron chi connectivity index (χ0n) is 18.2. The number of aromatic nitrogens is 1. The van der Waals surface area contributed by atoms with Gasteiger partial charge in [-0.2, -0.15) is 0 Å². The maximum absolute atomic E-state index is 11.9. The molecule has 2 rings (SSSR count). The summed E-state index contributed by atoms with van der Waals surface area (Å²) >= 11 is 0. The van der Waals surface area contributed by atoms with Crippen molar-refractivity contribution in [1.29, 1.82) is 0 Å². The molecule has 162 valence electrons. The molecule has 1 amide bonds. The van der Waals surface area contributed by atoms with Crippen molar-refractivity contribution in [2.24, 2.45) is 11.6 Å². The van der Waals surface area contributed by atoms with Crippen LogP contribution in [0.2, 0.25) is 0 Å². The van der Waals surface area contributed by atoms with E-state index in [9.17, 15) is 4.79 Å². The third-order valence-corrected chi connectivity index (χ3v) is 4.69. The Morgan fingerprint density at radius 1 is 1.28 bits per heavy atom. The Balaban J connectivity index is 2.12. The Hall–Kier alpha value is -2.48. The number of alkyl carbamates (subject to hydrolysis) is 1. The van der Waals surface area contributed by atoms with Gasteiger partial charge >= 0.3 is 6.09 Å². The Kier molecular flexibility index (Phi) is 7.73. The number of carbonyl (C=O) groups excluding carboxylic acids is 1. The lowest BCUT2D eigenvalue weighted by Gasteiger charge is -2.24. The lowest BCUT2D eigenvalue weighted by molar-refractivity contribution is 0.0529. The molecule has 8 nitrogen and oxygen atoms in total. The number of carbonyl (C=O) groups is 1. The van der Waals surface area contributed by atoms with Crippen molar-refractivity contribution in [2.75, 3.05) is 13.6 Å². The van der Waals surface area contributed by atoms with Gasteiger partial charge in [-0.15, -0.1) is 0 Å². The second-order valence-electron chi connectivity index (χ2n) is 8.48. The average Bonchev–Trinajstić information content (AvgIpc) is 2.62. The Morgan fingerprint density at radius 2 is 1.93 bits per heavy atom. The van der Waals surface area contributed by atoms with E-state index in [1.54, 1.807) is 27.8 Å². The predicted molar refractivity (Wildman–Crippen MR) is 114 cm³/mol. The maximum atomic E-state index is 11.9. The number of hydrogen-bond acceptors (Lipinski definition) is 7. The summed E-state index contributed by atoms with van der Waals surface area (Å²) in [7, 11) is 1.66. The lowest BCUT2D eigenvalue weighted by Crippen LogP contribution is -2.38. The van der Waals surface area contributed by atoms with Crippen molar-refractivity contribution in [2.45, 2.75) is 71.5 Å². The van der Waals surface area contributed by atoms with E-state index in [0.29, 0.717) is 17.1 Å². The molecule has 1 aromatic heterocycles. The summed E-state index contributed by atoms with van der Waals surface area (Å²) in [5, 5.41) is 4.05. The molecule has 8 heteroatoms. The van der Waals surface area contributed by atoms with Crippen LogP contribution < -0.4 is 21.6 Å². The summed E-state index contributed by atoms with van der Waals surface area (Å²) in [5.74, 6) is 6.71. The first-order valence-corrected chi connectivity index (χ1v) is 10.2. The fraction of sp³-hybridized carbons (Fsp3) is 0.619. The molecule has 1 aliphatic carbocycles. The molecule has 29 heavy (non-hydrogen) atoms. The molecule has 1 fully saturated rings. The van der Waals surface area contributed by atoms with Crippen molar-refractivity contribution < 1.29 is 14.3 Å². The van der Waals surface area contributed by atoms with E-state index < -0.39 is 11.7 Å². The van der Waals surface area contributed by atoms with Gasteiger partial charge in [0, 0.05) is 7.05 Å². The van der Waals surface area contributed by atoms with Crippen LogP contribution in [0.5, 0.6) is 5.75 Å². The van der Waals surface area contributed by atoms with Gasteiger partial charge in [0.2, 0.25) is 0 Å². The van der Waals surface area contributed by atoms with E-state index in [4.69, 9.17) is 21.1 Å². The summed E-state index contributed by atoms with van der Waals surface area (Å²) in [4.78, 5) is 16.5. The van der Waals surface area contributed by atoms with Gasteiger partial charge in [0.1, 0.15) is 11.4 Å². The summed E-state index contributed by atoms with van der Waals surface area (Å²) in [6.07, 6.45) is 5.59. The highest BCUT2D eigenvalue weighted by atomic mass is 16.6. The predicted octanol–water partition coefficient (Wildman–Crippen LogP) is 3.06. The van der Waals surface area contributed by atoms with Crippen LogP contribution in [0.25, 0.3) is 5.70 Å². The minimum absolute atomic E-state index is 0.120. The van der Waals surface area contributed by atoms with Crippen LogP contribution in [0.4, 0.5) is 4.79 Å². The van der Waals surface area contributed by atoms with Crippen molar-refractivity contribution in [1.82, 2.24) is 15.3 Å². The molecule has 0 atom stereocenters. The summed E-state index contributed by atoms with van der Waals surface area (Å²) < 4.78 is 11.4. The van der Waals surface area contributed by atoms with Gasteiger partial charge in [-0.3, -0.25) is 0 Å². The van der Waals surface area contributed by atoms with Crippen LogP contribution in [0.1, 0.15) is 64.3 Å². The van der Waals surface area contributed by atoms with E-state index in [0.717, 1.165) is 24.3 Å². The minimum atomic E-state index is -0.582. The maximum Gasteiger partial charge on any atom is 0.407 e.